The van der Waals surface area contributed by atoms with Crippen molar-refractivity contribution in [3.8, 4) is 5.75 Å². The smallest absolute Gasteiger partial charge is 0.405 e. The van der Waals surface area contributed by atoms with Gasteiger partial charge < -0.3 is 20.3 Å². The van der Waals surface area contributed by atoms with E-state index >= 15 is 0 Å². The van der Waals surface area contributed by atoms with Crippen molar-refractivity contribution >= 4 is 45.2 Å². The molecule has 200 valence electrons. The Bertz CT molecular complexity index is 1150. The Morgan fingerprint density at radius 1 is 1.16 bits per heavy atom. The van der Waals surface area contributed by atoms with E-state index in [1.807, 2.05) is 5.32 Å². The summed E-state index contributed by atoms with van der Waals surface area (Å²) < 4.78 is 43.7. The van der Waals surface area contributed by atoms with Gasteiger partial charge in [-0.25, -0.2) is 4.98 Å². The highest BCUT2D eigenvalue weighted by Crippen LogP contribution is 2.39. The Labute approximate surface area is 226 Å². The predicted molar refractivity (Wildman–Crippen MR) is 137 cm³/mol. The minimum absolute atomic E-state index is 0.0368. The van der Waals surface area contributed by atoms with Crippen molar-refractivity contribution in [2.75, 3.05) is 11.4 Å². The molecule has 12 heteroatoms. The second-order valence-electron chi connectivity index (χ2n) is 9.82. The van der Waals surface area contributed by atoms with E-state index in [4.69, 9.17) is 16.3 Å². The van der Waals surface area contributed by atoms with Gasteiger partial charge in [0.15, 0.2) is 5.60 Å². The van der Waals surface area contributed by atoms with E-state index in [9.17, 15) is 22.8 Å². The third kappa shape index (κ3) is 6.67. The van der Waals surface area contributed by atoms with Gasteiger partial charge in [0.05, 0.1) is 10.0 Å². The monoisotopic (exact) mass is 602 g/mol. The largest absolute Gasteiger partial charge is 0.477 e. The SMILES string of the molecule is CC(C)(Oc1ccc(Cl)cc1Br)C(=O)NC1C[C@H]2CC[C@@H](C1)N2c1ccc(C(=O)NCC(F)(F)F)cn1. The number of aromatic nitrogens is 1. The van der Waals surface area contributed by atoms with Gasteiger partial charge in [-0.05, 0) is 85.8 Å². The summed E-state index contributed by atoms with van der Waals surface area (Å²) in [6, 6.07) is 8.51. The maximum absolute atomic E-state index is 13.1. The van der Waals surface area contributed by atoms with Gasteiger partial charge in [0.25, 0.3) is 11.8 Å². The number of fused-ring (bicyclic) bond motifs is 2. The molecule has 3 atom stereocenters. The lowest BCUT2D eigenvalue weighted by molar-refractivity contribution is -0.135. The molecule has 2 fully saturated rings. The second-order valence-corrected chi connectivity index (χ2v) is 11.1. The fourth-order valence-corrected chi connectivity index (χ4v) is 5.63. The van der Waals surface area contributed by atoms with Crippen LogP contribution < -0.4 is 20.3 Å². The third-order valence-electron chi connectivity index (χ3n) is 6.60. The summed E-state index contributed by atoms with van der Waals surface area (Å²) in [5, 5.41) is 5.54. The normalized spacial score (nSPS) is 21.5. The van der Waals surface area contributed by atoms with Crippen LogP contribution in [0.5, 0.6) is 5.75 Å². The summed E-state index contributed by atoms with van der Waals surface area (Å²) in [5.74, 6) is 0.137. The van der Waals surface area contributed by atoms with Crippen LogP contribution in [0.4, 0.5) is 19.0 Å². The van der Waals surface area contributed by atoms with Crippen molar-refractivity contribution in [3.63, 3.8) is 0 Å². The molecule has 2 amide bonds. The minimum atomic E-state index is -4.48. The molecule has 7 nitrogen and oxygen atoms in total. The second kappa shape index (κ2) is 10.7. The van der Waals surface area contributed by atoms with Crippen LogP contribution in [0.1, 0.15) is 49.9 Å². The molecule has 37 heavy (non-hydrogen) atoms. The lowest BCUT2D eigenvalue weighted by Gasteiger charge is -2.40. The molecule has 1 aromatic heterocycles. The van der Waals surface area contributed by atoms with Gasteiger partial charge >= 0.3 is 6.18 Å². The molecule has 3 heterocycles. The van der Waals surface area contributed by atoms with E-state index in [-0.39, 0.29) is 29.6 Å². The van der Waals surface area contributed by atoms with Gasteiger partial charge in [0, 0.05) is 29.3 Å². The van der Waals surface area contributed by atoms with Crippen LogP contribution in [0.25, 0.3) is 0 Å². The lowest BCUT2D eigenvalue weighted by Crippen LogP contribution is -2.55. The van der Waals surface area contributed by atoms with Crippen LogP contribution in [0.3, 0.4) is 0 Å². The maximum Gasteiger partial charge on any atom is 0.405 e. The summed E-state index contributed by atoms with van der Waals surface area (Å²) >= 11 is 9.40. The Morgan fingerprint density at radius 3 is 2.41 bits per heavy atom. The van der Waals surface area contributed by atoms with Crippen LogP contribution in [0.2, 0.25) is 5.02 Å². The van der Waals surface area contributed by atoms with Crippen LogP contribution in [-0.2, 0) is 4.79 Å². The highest BCUT2D eigenvalue weighted by atomic mass is 79.9. The van der Waals surface area contributed by atoms with E-state index in [1.165, 1.54) is 12.3 Å². The van der Waals surface area contributed by atoms with Crippen LogP contribution in [0.15, 0.2) is 41.0 Å². The Hall–Kier alpha value is -2.53. The number of hydrogen-bond donors (Lipinski definition) is 2. The molecule has 4 rings (SSSR count). The number of nitrogens with one attached hydrogen (secondary N) is 2. The van der Waals surface area contributed by atoms with E-state index in [2.05, 4.69) is 31.1 Å². The standard InChI is InChI=1S/C25H27BrClF3N4O3/c1-24(2,37-20-7-4-15(27)9-19(20)26)23(36)33-16-10-17-5-6-18(11-16)34(17)21-8-3-14(12-31-21)22(35)32-13-25(28,29)30/h3-4,7-9,12,16-18H,5-6,10-11,13H2,1-2H3,(H,32,35)(H,33,36)/t16?,17-,18+. The predicted octanol–water partition coefficient (Wildman–Crippen LogP) is 5.26. The third-order valence-corrected chi connectivity index (χ3v) is 7.45. The van der Waals surface area contributed by atoms with E-state index in [0.717, 1.165) is 25.7 Å². The van der Waals surface area contributed by atoms with Crippen molar-refractivity contribution in [2.24, 2.45) is 0 Å². The summed E-state index contributed by atoms with van der Waals surface area (Å²) in [6.07, 6.45) is 0.129. The maximum atomic E-state index is 13.1. The van der Waals surface area contributed by atoms with E-state index < -0.39 is 24.2 Å². The number of alkyl halides is 3. The van der Waals surface area contributed by atoms with Crippen molar-refractivity contribution in [2.45, 2.75) is 69.4 Å². The first kappa shape index (κ1) is 27.5. The summed E-state index contributed by atoms with van der Waals surface area (Å²) in [7, 11) is 0. The molecule has 1 aromatic carbocycles. The summed E-state index contributed by atoms with van der Waals surface area (Å²) in [5.41, 5.74) is -1.05. The number of carbonyl (C=O) groups is 2. The molecule has 1 unspecified atom stereocenters. The van der Waals surface area contributed by atoms with Crippen molar-refractivity contribution in [3.05, 3.63) is 51.6 Å². The fourth-order valence-electron chi connectivity index (χ4n) is 4.86. The zero-order valence-corrected chi connectivity index (χ0v) is 22.6. The molecule has 0 spiro atoms. The Balaban J connectivity index is 1.35. The van der Waals surface area contributed by atoms with Gasteiger partial charge in [-0.15, -0.1) is 0 Å². The first-order chi connectivity index (χ1) is 17.3. The summed E-state index contributed by atoms with van der Waals surface area (Å²) in [6.45, 7) is 2.03. The van der Waals surface area contributed by atoms with E-state index in [0.29, 0.717) is 21.1 Å². The van der Waals surface area contributed by atoms with E-state index in [1.54, 1.807) is 38.1 Å². The molecule has 2 aliphatic heterocycles. The average molecular weight is 604 g/mol. The summed E-state index contributed by atoms with van der Waals surface area (Å²) in [4.78, 5) is 31.6. The molecule has 0 radical (unpaired) electrons. The molecule has 2 aromatic rings. The number of hydrogen-bond acceptors (Lipinski definition) is 5. The molecule has 0 saturated carbocycles. The van der Waals surface area contributed by atoms with Gasteiger partial charge in [-0.2, -0.15) is 13.2 Å². The quantitative estimate of drug-likeness (QED) is 0.451. The lowest BCUT2D eigenvalue weighted by atomic mass is 9.96. The molecule has 2 saturated heterocycles. The number of benzene rings is 1. The Kier molecular flexibility index (Phi) is 7.94. The zero-order chi connectivity index (χ0) is 27.0. The van der Waals surface area contributed by atoms with Gasteiger partial charge in [0.1, 0.15) is 18.1 Å². The number of nitrogens with zero attached hydrogens (tertiary/aromatic N) is 2. The number of ether oxygens (including phenoxy) is 1. The number of rotatable bonds is 7. The van der Waals surface area contributed by atoms with Crippen LogP contribution >= 0.6 is 27.5 Å². The molecule has 0 aliphatic carbocycles. The van der Waals surface area contributed by atoms with Crippen molar-refractivity contribution < 1.29 is 27.5 Å². The topological polar surface area (TPSA) is 83.6 Å². The van der Waals surface area contributed by atoms with Crippen molar-refractivity contribution in [1.29, 1.82) is 0 Å². The molecular formula is C25H27BrClF3N4O3. The average Bonchev–Trinajstić information content (AvgIpc) is 3.09. The van der Waals surface area contributed by atoms with Gasteiger partial charge in [-0.1, -0.05) is 11.6 Å². The highest BCUT2D eigenvalue weighted by Gasteiger charge is 2.43. The van der Waals surface area contributed by atoms with Crippen molar-refractivity contribution in [1.82, 2.24) is 15.6 Å². The molecule has 2 bridgehead atoms. The number of anilines is 1. The van der Waals surface area contributed by atoms with Crippen LogP contribution in [0, 0.1) is 0 Å². The number of pyridine rings is 1. The van der Waals surface area contributed by atoms with Crippen LogP contribution in [-0.4, -0.2) is 53.2 Å². The molecular weight excluding hydrogens is 577 g/mol. The first-order valence-corrected chi connectivity index (χ1v) is 13.0. The molecule has 2 aliphatic rings. The number of carbonyl (C=O) groups excluding carboxylic acids is 2. The van der Waals surface area contributed by atoms with Gasteiger partial charge in [0.2, 0.25) is 0 Å². The zero-order valence-electron chi connectivity index (χ0n) is 20.2. The number of halogens is 5. The minimum Gasteiger partial charge on any atom is -0.477 e. The fraction of sp³-hybridized carbons (Fsp3) is 0.480. The number of amides is 2. The first-order valence-electron chi connectivity index (χ1n) is 11.9. The van der Waals surface area contributed by atoms with Gasteiger partial charge in [-0.3, -0.25) is 9.59 Å². The Morgan fingerprint density at radius 2 is 1.84 bits per heavy atom. The molecule has 2 N–H and O–H groups in total. The number of piperidine rings is 1. The highest BCUT2D eigenvalue weighted by molar-refractivity contribution is 9.10.